The maximum atomic E-state index is 6.09. The van der Waals surface area contributed by atoms with Crippen molar-refractivity contribution in [1.29, 1.82) is 0 Å². The number of halogens is 2. The van der Waals surface area contributed by atoms with Crippen molar-refractivity contribution >= 4 is 35.0 Å². The minimum absolute atomic E-state index is 0.737. The summed E-state index contributed by atoms with van der Waals surface area (Å²) in [6.07, 6.45) is 0. The Bertz CT molecular complexity index is 347. The average molecular weight is 293 g/mol. The normalized spacial score (nSPS) is 11.1. The van der Waals surface area contributed by atoms with Gasteiger partial charge in [0.2, 0.25) is 0 Å². The zero-order chi connectivity index (χ0) is 12.7. The second kappa shape index (κ2) is 8.22. The summed E-state index contributed by atoms with van der Waals surface area (Å²) in [5.74, 6) is 1.01. The quantitative estimate of drug-likeness (QED) is 0.777. The first-order valence-electron chi connectivity index (χ1n) is 5.54. The molecule has 0 heterocycles. The number of nitrogens with one attached hydrogen (secondary N) is 1. The lowest BCUT2D eigenvalue weighted by Crippen LogP contribution is -2.29. The van der Waals surface area contributed by atoms with Crippen LogP contribution in [0.5, 0.6) is 0 Å². The van der Waals surface area contributed by atoms with Gasteiger partial charge in [-0.2, -0.15) is 0 Å². The van der Waals surface area contributed by atoms with Gasteiger partial charge in [0.1, 0.15) is 0 Å². The van der Waals surface area contributed by atoms with Gasteiger partial charge in [-0.15, -0.1) is 11.8 Å². The van der Waals surface area contributed by atoms with Crippen molar-refractivity contribution in [2.75, 3.05) is 39.5 Å². The summed E-state index contributed by atoms with van der Waals surface area (Å²) in [7, 11) is 4.09. The molecule has 1 rings (SSSR count). The number of nitrogens with zero attached hydrogens (tertiary/aromatic N) is 1. The number of hydrogen-bond donors (Lipinski definition) is 1. The Morgan fingerprint density at radius 2 is 2.06 bits per heavy atom. The molecular formula is C12H18Cl2N2S. The third kappa shape index (κ3) is 5.98. The van der Waals surface area contributed by atoms with Crippen LogP contribution in [0.15, 0.2) is 23.1 Å². The van der Waals surface area contributed by atoms with Crippen molar-refractivity contribution in [2.45, 2.75) is 4.90 Å². The molecule has 0 aliphatic carbocycles. The molecule has 1 N–H and O–H groups in total. The summed E-state index contributed by atoms with van der Waals surface area (Å²) in [5.41, 5.74) is 0. The molecule has 0 saturated carbocycles. The minimum atomic E-state index is 0.737. The average Bonchev–Trinajstić information content (AvgIpc) is 2.31. The van der Waals surface area contributed by atoms with E-state index >= 15 is 0 Å². The van der Waals surface area contributed by atoms with Gasteiger partial charge in [-0.1, -0.05) is 23.2 Å². The summed E-state index contributed by atoms with van der Waals surface area (Å²) in [5, 5.41) is 4.65. The highest BCUT2D eigenvalue weighted by atomic mass is 35.5. The summed E-state index contributed by atoms with van der Waals surface area (Å²) < 4.78 is 0. The van der Waals surface area contributed by atoms with Crippen molar-refractivity contribution in [3.63, 3.8) is 0 Å². The van der Waals surface area contributed by atoms with Crippen LogP contribution in [0.3, 0.4) is 0 Å². The van der Waals surface area contributed by atoms with Gasteiger partial charge >= 0.3 is 0 Å². The van der Waals surface area contributed by atoms with E-state index in [1.165, 1.54) is 0 Å². The Morgan fingerprint density at radius 3 is 2.76 bits per heavy atom. The second-order valence-electron chi connectivity index (χ2n) is 3.83. The highest BCUT2D eigenvalue weighted by Gasteiger charge is 2.03. The first kappa shape index (κ1) is 15.1. The van der Waals surface area contributed by atoms with E-state index in [2.05, 4.69) is 17.3 Å². The van der Waals surface area contributed by atoms with Gasteiger partial charge in [-0.25, -0.2) is 0 Å². The van der Waals surface area contributed by atoms with E-state index in [4.69, 9.17) is 23.2 Å². The monoisotopic (exact) mass is 292 g/mol. The third-order valence-electron chi connectivity index (χ3n) is 2.37. The molecule has 2 nitrogen and oxygen atoms in total. The van der Waals surface area contributed by atoms with Gasteiger partial charge < -0.3 is 10.2 Å². The van der Waals surface area contributed by atoms with E-state index < -0.39 is 0 Å². The summed E-state index contributed by atoms with van der Waals surface area (Å²) in [4.78, 5) is 3.35. The largest absolute Gasteiger partial charge is 0.318 e. The fourth-order valence-electron chi connectivity index (χ4n) is 1.31. The second-order valence-corrected chi connectivity index (χ2v) is 5.81. The van der Waals surface area contributed by atoms with Crippen LogP contribution >= 0.6 is 35.0 Å². The first-order valence-corrected chi connectivity index (χ1v) is 7.28. The molecule has 0 aliphatic rings. The summed E-state index contributed by atoms with van der Waals surface area (Å²) >= 11 is 13.8. The van der Waals surface area contributed by atoms with E-state index in [9.17, 15) is 0 Å². The Labute approximate surface area is 118 Å². The van der Waals surface area contributed by atoms with Crippen LogP contribution in [-0.2, 0) is 0 Å². The number of likely N-dealkylation sites (N-methyl/N-ethyl adjacent to an activating group) is 2. The zero-order valence-corrected chi connectivity index (χ0v) is 12.5. The molecule has 0 amide bonds. The van der Waals surface area contributed by atoms with Crippen LogP contribution in [0.25, 0.3) is 0 Å². The van der Waals surface area contributed by atoms with Gasteiger partial charge in [-0.05, 0) is 32.3 Å². The lowest BCUT2D eigenvalue weighted by molar-refractivity contribution is 0.356. The molecule has 0 spiro atoms. The molecule has 0 unspecified atom stereocenters. The molecule has 0 radical (unpaired) electrons. The maximum absolute atomic E-state index is 6.09. The van der Waals surface area contributed by atoms with Crippen LogP contribution < -0.4 is 5.32 Å². The standard InChI is InChI=1S/C12H18Cl2N2S/c1-15-5-6-16(2)7-8-17-12-9-10(13)3-4-11(12)14/h3-4,9,15H,5-8H2,1-2H3. The molecule has 0 fully saturated rings. The fourth-order valence-corrected chi connectivity index (χ4v) is 2.87. The molecule has 1 aromatic rings. The molecule has 1 aromatic carbocycles. The highest BCUT2D eigenvalue weighted by Crippen LogP contribution is 2.29. The molecule has 0 aliphatic heterocycles. The van der Waals surface area contributed by atoms with Crippen molar-refractivity contribution in [2.24, 2.45) is 0 Å². The molecule has 0 bridgehead atoms. The summed E-state index contributed by atoms with van der Waals surface area (Å²) in [6, 6.07) is 5.58. The van der Waals surface area contributed by atoms with E-state index in [0.29, 0.717) is 0 Å². The third-order valence-corrected chi connectivity index (χ3v) is 4.08. The van der Waals surface area contributed by atoms with Crippen molar-refractivity contribution in [3.05, 3.63) is 28.2 Å². The van der Waals surface area contributed by atoms with E-state index in [1.807, 2.05) is 25.2 Å². The maximum Gasteiger partial charge on any atom is 0.0542 e. The van der Waals surface area contributed by atoms with Crippen LogP contribution in [0.4, 0.5) is 0 Å². The van der Waals surface area contributed by atoms with Crippen LogP contribution in [0, 0.1) is 0 Å². The summed E-state index contributed by atoms with van der Waals surface area (Å²) in [6.45, 7) is 3.11. The van der Waals surface area contributed by atoms with E-state index in [0.717, 1.165) is 40.3 Å². The number of thioether (sulfide) groups is 1. The highest BCUT2D eigenvalue weighted by molar-refractivity contribution is 7.99. The van der Waals surface area contributed by atoms with Crippen molar-refractivity contribution < 1.29 is 0 Å². The number of hydrogen-bond acceptors (Lipinski definition) is 3. The van der Waals surface area contributed by atoms with Gasteiger partial charge in [0, 0.05) is 35.3 Å². The Balaban J connectivity index is 2.32. The predicted octanol–water partition coefficient (Wildman–Crippen LogP) is 3.24. The molecule has 17 heavy (non-hydrogen) atoms. The zero-order valence-electron chi connectivity index (χ0n) is 10.2. The van der Waals surface area contributed by atoms with E-state index in [1.54, 1.807) is 11.8 Å². The van der Waals surface area contributed by atoms with E-state index in [-0.39, 0.29) is 0 Å². The Hall–Kier alpha value is 0.0700. The molecule has 0 aromatic heterocycles. The van der Waals surface area contributed by atoms with Crippen LogP contribution in [-0.4, -0.2) is 44.4 Å². The van der Waals surface area contributed by atoms with Gasteiger partial charge in [0.05, 0.1) is 5.02 Å². The molecule has 5 heteroatoms. The predicted molar refractivity (Wildman–Crippen MR) is 78.6 cm³/mol. The topological polar surface area (TPSA) is 15.3 Å². The number of benzene rings is 1. The first-order chi connectivity index (χ1) is 8.13. The molecule has 96 valence electrons. The van der Waals surface area contributed by atoms with Gasteiger partial charge in [0.15, 0.2) is 0 Å². The SMILES string of the molecule is CNCCN(C)CCSc1cc(Cl)ccc1Cl. The van der Waals surface area contributed by atoms with Gasteiger partial charge in [0.25, 0.3) is 0 Å². The fraction of sp³-hybridized carbons (Fsp3) is 0.500. The number of rotatable bonds is 7. The lowest BCUT2D eigenvalue weighted by Gasteiger charge is -2.16. The van der Waals surface area contributed by atoms with Crippen molar-refractivity contribution in [1.82, 2.24) is 10.2 Å². The minimum Gasteiger partial charge on any atom is -0.318 e. The molecule has 0 atom stereocenters. The van der Waals surface area contributed by atoms with Crippen molar-refractivity contribution in [3.8, 4) is 0 Å². The van der Waals surface area contributed by atoms with Gasteiger partial charge in [-0.3, -0.25) is 0 Å². The lowest BCUT2D eigenvalue weighted by atomic mass is 10.4. The Morgan fingerprint density at radius 1 is 1.29 bits per heavy atom. The Kier molecular flexibility index (Phi) is 7.32. The molecule has 0 saturated heterocycles. The van der Waals surface area contributed by atoms with Crippen LogP contribution in [0.1, 0.15) is 0 Å². The smallest absolute Gasteiger partial charge is 0.0542 e. The van der Waals surface area contributed by atoms with Crippen LogP contribution in [0.2, 0.25) is 10.0 Å². The molecular weight excluding hydrogens is 275 g/mol.